The van der Waals surface area contributed by atoms with Gasteiger partial charge in [-0.2, -0.15) is 5.26 Å². The second-order valence-corrected chi connectivity index (χ2v) is 3.17. The lowest BCUT2D eigenvalue weighted by Crippen LogP contribution is -2.41. The van der Waals surface area contributed by atoms with Crippen molar-refractivity contribution in [1.29, 1.82) is 5.26 Å². The van der Waals surface area contributed by atoms with Crippen LogP contribution in [0.15, 0.2) is 0 Å². The highest BCUT2D eigenvalue weighted by molar-refractivity contribution is 5.96. The number of hydrogen-bond donors (Lipinski definition) is 0. The number of imide groups is 1. The van der Waals surface area contributed by atoms with Crippen molar-refractivity contribution in [1.82, 2.24) is 4.90 Å². The zero-order valence-corrected chi connectivity index (χ0v) is 7.62. The van der Waals surface area contributed by atoms with Crippen molar-refractivity contribution in [3.8, 4) is 6.07 Å². The Morgan fingerprint density at radius 3 is 2.15 bits per heavy atom. The molecule has 0 aromatic heterocycles. The van der Waals surface area contributed by atoms with Gasteiger partial charge in [-0.05, 0) is 19.8 Å². The van der Waals surface area contributed by atoms with E-state index in [0.29, 0.717) is 12.8 Å². The van der Waals surface area contributed by atoms with Gasteiger partial charge < -0.3 is 0 Å². The fourth-order valence-corrected chi connectivity index (χ4v) is 1.42. The van der Waals surface area contributed by atoms with Gasteiger partial charge in [0.2, 0.25) is 11.8 Å². The number of carbonyl (C=O) groups is 2. The summed E-state index contributed by atoms with van der Waals surface area (Å²) in [5.41, 5.74) is 0. The van der Waals surface area contributed by atoms with Gasteiger partial charge in [-0.25, -0.2) is 0 Å². The minimum atomic E-state index is -0.627. The number of hydrogen-bond acceptors (Lipinski definition) is 3. The summed E-state index contributed by atoms with van der Waals surface area (Å²) in [5, 5.41) is 8.62. The average Bonchev–Trinajstić information content (AvgIpc) is 2.27. The van der Waals surface area contributed by atoms with Crippen LogP contribution < -0.4 is 0 Å². The van der Waals surface area contributed by atoms with Gasteiger partial charge in [0.25, 0.3) is 0 Å². The predicted molar refractivity (Wildman–Crippen MR) is 45.4 cm³/mol. The summed E-state index contributed by atoms with van der Waals surface area (Å²) in [5.74, 6) is -0.423. The van der Waals surface area contributed by atoms with E-state index in [0.717, 1.165) is 17.7 Å². The SMILES string of the molecule is CC(C#N)N1C(=O)CCCCC1=O. The maximum Gasteiger partial charge on any atom is 0.230 e. The second kappa shape index (κ2) is 4.04. The van der Waals surface area contributed by atoms with Gasteiger partial charge in [0.05, 0.1) is 6.07 Å². The van der Waals surface area contributed by atoms with Crippen LogP contribution in [0.2, 0.25) is 0 Å². The molecule has 0 aromatic carbocycles. The third-order valence-electron chi connectivity index (χ3n) is 2.14. The van der Waals surface area contributed by atoms with Gasteiger partial charge in [0.1, 0.15) is 6.04 Å². The lowest BCUT2D eigenvalue weighted by atomic mass is 10.2. The summed E-state index contributed by atoms with van der Waals surface area (Å²) in [7, 11) is 0. The first-order valence-corrected chi connectivity index (χ1v) is 4.41. The van der Waals surface area contributed by atoms with E-state index in [-0.39, 0.29) is 11.8 Å². The molecule has 4 heteroatoms. The molecule has 0 bridgehead atoms. The Balaban J connectivity index is 2.82. The topological polar surface area (TPSA) is 61.2 Å². The molecule has 0 radical (unpaired) electrons. The van der Waals surface area contributed by atoms with E-state index >= 15 is 0 Å². The third kappa shape index (κ3) is 2.05. The second-order valence-electron chi connectivity index (χ2n) is 3.17. The smallest absolute Gasteiger partial charge is 0.230 e. The molecule has 1 heterocycles. The van der Waals surface area contributed by atoms with Gasteiger partial charge in [-0.3, -0.25) is 14.5 Å². The molecule has 0 aliphatic carbocycles. The normalized spacial score (nSPS) is 20.8. The zero-order valence-electron chi connectivity index (χ0n) is 7.62. The van der Waals surface area contributed by atoms with Crippen LogP contribution in [0.5, 0.6) is 0 Å². The Kier molecular flexibility index (Phi) is 3.02. The highest BCUT2D eigenvalue weighted by Crippen LogP contribution is 2.14. The molecule has 0 aromatic rings. The molecule has 13 heavy (non-hydrogen) atoms. The molecule has 70 valence electrons. The van der Waals surface area contributed by atoms with Crippen molar-refractivity contribution < 1.29 is 9.59 Å². The van der Waals surface area contributed by atoms with Crippen molar-refractivity contribution in [2.45, 2.75) is 38.6 Å². The molecule has 0 N–H and O–H groups in total. The number of rotatable bonds is 1. The minimum absolute atomic E-state index is 0.212. The molecular weight excluding hydrogens is 168 g/mol. The van der Waals surface area contributed by atoms with Gasteiger partial charge in [0.15, 0.2) is 0 Å². The molecule has 1 rings (SSSR count). The van der Waals surface area contributed by atoms with E-state index in [1.807, 2.05) is 6.07 Å². The first kappa shape index (κ1) is 9.72. The van der Waals surface area contributed by atoms with E-state index in [2.05, 4.69) is 0 Å². The van der Waals surface area contributed by atoms with Crippen LogP contribution >= 0.6 is 0 Å². The predicted octanol–water partition coefficient (Wildman–Crippen LogP) is 0.828. The van der Waals surface area contributed by atoms with Crippen LogP contribution in [-0.4, -0.2) is 22.8 Å². The molecule has 0 saturated carbocycles. The lowest BCUT2D eigenvalue weighted by molar-refractivity contribution is -0.144. The average molecular weight is 180 g/mol. The van der Waals surface area contributed by atoms with Gasteiger partial charge in [-0.1, -0.05) is 0 Å². The molecule has 4 nitrogen and oxygen atoms in total. The lowest BCUT2D eigenvalue weighted by Gasteiger charge is -2.20. The molecule has 1 atom stereocenters. The van der Waals surface area contributed by atoms with Crippen molar-refractivity contribution in [3.63, 3.8) is 0 Å². The quantitative estimate of drug-likeness (QED) is 0.561. The molecular formula is C9H12N2O2. The van der Waals surface area contributed by atoms with Gasteiger partial charge in [-0.15, -0.1) is 0 Å². The Morgan fingerprint density at radius 1 is 1.31 bits per heavy atom. The molecule has 1 aliphatic rings. The van der Waals surface area contributed by atoms with Crippen molar-refractivity contribution >= 4 is 11.8 Å². The largest absolute Gasteiger partial charge is 0.274 e. The summed E-state index contributed by atoms with van der Waals surface area (Å²) in [6.07, 6.45) is 2.27. The Labute approximate surface area is 77.1 Å². The number of nitriles is 1. The number of likely N-dealkylation sites (tertiary alicyclic amines) is 1. The van der Waals surface area contributed by atoms with Crippen molar-refractivity contribution in [3.05, 3.63) is 0 Å². The standard InChI is InChI=1S/C9H12N2O2/c1-7(6-10)11-8(12)4-2-3-5-9(11)13/h7H,2-5H2,1H3. The number of carbonyl (C=O) groups excluding carboxylic acids is 2. The summed E-state index contributed by atoms with van der Waals surface area (Å²) in [6.45, 7) is 1.57. The molecule has 1 unspecified atom stereocenters. The fourth-order valence-electron chi connectivity index (χ4n) is 1.42. The van der Waals surface area contributed by atoms with Crippen molar-refractivity contribution in [2.24, 2.45) is 0 Å². The maximum absolute atomic E-state index is 11.4. The van der Waals surface area contributed by atoms with Gasteiger partial charge in [0, 0.05) is 12.8 Å². The highest BCUT2D eigenvalue weighted by atomic mass is 16.2. The summed E-state index contributed by atoms with van der Waals surface area (Å²) >= 11 is 0. The molecule has 1 fully saturated rings. The van der Waals surface area contributed by atoms with E-state index in [1.54, 1.807) is 6.92 Å². The highest BCUT2D eigenvalue weighted by Gasteiger charge is 2.28. The zero-order chi connectivity index (χ0) is 9.84. The Bertz CT molecular complexity index is 249. The van der Waals surface area contributed by atoms with Gasteiger partial charge >= 0.3 is 0 Å². The maximum atomic E-state index is 11.4. The first-order valence-electron chi connectivity index (χ1n) is 4.41. The summed E-state index contributed by atoms with van der Waals surface area (Å²) in [4.78, 5) is 23.8. The summed E-state index contributed by atoms with van der Waals surface area (Å²) < 4.78 is 0. The number of nitrogens with zero attached hydrogens (tertiary/aromatic N) is 2. The third-order valence-corrected chi connectivity index (χ3v) is 2.14. The van der Waals surface area contributed by atoms with Crippen LogP contribution in [0.3, 0.4) is 0 Å². The van der Waals surface area contributed by atoms with Crippen LogP contribution in [0.4, 0.5) is 0 Å². The fraction of sp³-hybridized carbons (Fsp3) is 0.667. The van der Waals surface area contributed by atoms with E-state index in [4.69, 9.17) is 5.26 Å². The molecule has 2 amide bonds. The van der Waals surface area contributed by atoms with Crippen LogP contribution in [-0.2, 0) is 9.59 Å². The molecule has 1 saturated heterocycles. The molecule has 0 spiro atoms. The van der Waals surface area contributed by atoms with E-state index < -0.39 is 6.04 Å². The van der Waals surface area contributed by atoms with Crippen LogP contribution in [0.1, 0.15) is 32.6 Å². The van der Waals surface area contributed by atoms with E-state index in [1.165, 1.54) is 0 Å². The Hall–Kier alpha value is -1.37. The Morgan fingerprint density at radius 2 is 1.77 bits per heavy atom. The monoisotopic (exact) mass is 180 g/mol. The van der Waals surface area contributed by atoms with Crippen molar-refractivity contribution in [2.75, 3.05) is 0 Å². The van der Waals surface area contributed by atoms with Crippen LogP contribution in [0.25, 0.3) is 0 Å². The van der Waals surface area contributed by atoms with E-state index in [9.17, 15) is 9.59 Å². The summed E-state index contributed by atoms with van der Waals surface area (Å²) in [6, 6.07) is 1.28. The molecule has 1 aliphatic heterocycles. The minimum Gasteiger partial charge on any atom is -0.274 e. The van der Waals surface area contributed by atoms with Crippen LogP contribution in [0, 0.1) is 11.3 Å². The first-order chi connectivity index (χ1) is 6.16. The number of amides is 2.